The van der Waals surface area contributed by atoms with Gasteiger partial charge in [-0.05, 0) is 47.2 Å². The molecule has 1 aromatic carbocycles. The van der Waals surface area contributed by atoms with Crippen molar-refractivity contribution in [3.05, 3.63) is 27.8 Å². The summed E-state index contributed by atoms with van der Waals surface area (Å²) >= 11 is 2.23. The molecule has 0 aromatic heterocycles. The third-order valence-electron chi connectivity index (χ3n) is 2.06. The first-order valence-electron chi connectivity index (χ1n) is 4.77. The number of hydrogen-bond acceptors (Lipinski definition) is 3. The maximum absolute atomic E-state index is 11.3. The zero-order chi connectivity index (χ0) is 11.3. The Hall–Kier alpha value is -0.780. The van der Waals surface area contributed by atoms with Crippen molar-refractivity contribution in [2.24, 2.45) is 0 Å². The topological polar surface area (TPSA) is 38.3 Å². The van der Waals surface area contributed by atoms with Crippen molar-refractivity contribution in [1.29, 1.82) is 0 Å². The van der Waals surface area contributed by atoms with E-state index in [1.165, 1.54) is 7.11 Å². The average Bonchev–Trinajstić information content (AvgIpc) is 2.25. The van der Waals surface area contributed by atoms with Crippen LogP contribution in [0.5, 0.6) is 0 Å². The predicted molar refractivity (Wildman–Crippen MR) is 68.9 cm³/mol. The van der Waals surface area contributed by atoms with E-state index < -0.39 is 0 Å². The summed E-state index contributed by atoms with van der Waals surface area (Å²) in [5, 5.41) is 3.14. The maximum Gasteiger partial charge on any atom is 0.328 e. The van der Waals surface area contributed by atoms with E-state index in [0.717, 1.165) is 9.26 Å². The third kappa shape index (κ3) is 3.70. The maximum atomic E-state index is 11.3. The molecule has 0 aliphatic carbocycles. The molecule has 0 heterocycles. The third-order valence-corrected chi connectivity index (χ3v) is 2.73. The first-order valence-corrected chi connectivity index (χ1v) is 5.85. The van der Waals surface area contributed by atoms with Crippen LogP contribution < -0.4 is 5.32 Å². The van der Waals surface area contributed by atoms with Crippen LogP contribution >= 0.6 is 22.6 Å². The molecule has 0 bridgehead atoms. The van der Waals surface area contributed by atoms with Gasteiger partial charge in [-0.25, -0.2) is 4.79 Å². The highest BCUT2D eigenvalue weighted by atomic mass is 127. The zero-order valence-corrected chi connectivity index (χ0v) is 10.9. The van der Waals surface area contributed by atoms with Crippen LogP contribution in [0, 0.1) is 3.57 Å². The summed E-state index contributed by atoms with van der Waals surface area (Å²) in [4.78, 5) is 11.3. The van der Waals surface area contributed by atoms with E-state index in [0.29, 0.717) is 6.42 Å². The van der Waals surface area contributed by atoms with Gasteiger partial charge in [-0.1, -0.05) is 13.0 Å². The Morgan fingerprint density at radius 1 is 1.60 bits per heavy atom. The van der Waals surface area contributed by atoms with Crippen LogP contribution in [0.2, 0.25) is 0 Å². The van der Waals surface area contributed by atoms with Gasteiger partial charge in [-0.3, -0.25) is 0 Å². The van der Waals surface area contributed by atoms with Crippen molar-refractivity contribution in [3.8, 4) is 0 Å². The summed E-state index contributed by atoms with van der Waals surface area (Å²) in [6.07, 6.45) is 0.706. The Morgan fingerprint density at radius 3 is 2.87 bits per heavy atom. The molecular weight excluding hydrogens is 305 g/mol. The number of anilines is 1. The number of carbonyl (C=O) groups is 1. The molecular formula is C11H14INO2. The van der Waals surface area contributed by atoms with Crippen molar-refractivity contribution < 1.29 is 9.53 Å². The van der Waals surface area contributed by atoms with Gasteiger partial charge in [0.15, 0.2) is 0 Å². The standard InChI is InChI=1S/C11H14INO2/c1-3-10(11(14)15-2)13-9-6-4-5-8(12)7-9/h4-7,10,13H,3H2,1-2H3. The van der Waals surface area contributed by atoms with Gasteiger partial charge in [0, 0.05) is 9.26 Å². The van der Waals surface area contributed by atoms with E-state index >= 15 is 0 Å². The highest BCUT2D eigenvalue weighted by Crippen LogP contribution is 2.14. The van der Waals surface area contributed by atoms with Gasteiger partial charge in [0.1, 0.15) is 6.04 Å². The molecule has 3 nitrogen and oxygen atoms in total. The lowest BCUT2D eigenvalue weighted by Crippen LogP contribution is -2.29. The van der Waals surface area contributed by atoms with Crippen molar-refractivity contribution in [1.82, 2.24) is 0 Å². The van der Waals surface area contributed by atoms with E-state index in [-0.39, 0.29) is 12.0 Å². The van der Waals surface area contributed by atoms with Crippen molar-refractivity contribution in [3.63, 3.8) is 0 Å². The van der Waals surface area contributed by atoms with Gasteiger partial charge in [0.2, 0.25) is 0 Å². The van der Waals surface area contributed by atoms with Gasteiger partial charge in [0.25, 0.3) is 0 Å². The fraction of sp³-hybridized carbons (Fsp3) is 0.364. The first-order chi connectivity index (χ1) is 7.17. The summed E-state index contributed by atoms with van der Waals surface area (Å²) in [7, 11) is 1.40. The summed E-state index contributed by atoms with van der Waals surface area (Å²) in [6.45, 7) is 1.95. The monoisotopic (exact) mass is 319 g/mol. The van der Waals surface area contributed by atoms with Crippen molar-refractivity contribution >= 4 is 34.2 Å². The lowest BCUT2D eigenvalue weighted by molar-refractivity contribution is -0.141. The molecule has 1 unspecified atom stereocenters. The largest absolute Gasteiger partial charge is 0.467 e. The number of nitrogens with one attached hydrogen (secondary N) is 1. The molecule has 0 aliphatic heterocycles. The highest BCUT2D eigenvalue weighted by Gasteiger charge is 2.16. The van der Waals surface area contributed by atoms with Gasteiger partial charge < -0.3 is 10.1 Å². The summed E-state index contributed by atoms with van der Waals surface area (Å²) in [5.41, 5.74) is 0.944. The molecule has 0 radical (unpaired) electrons. The molecule has 1 aromatic rings. The molecule has 0 fully saturated rings. The Bertz CT molecular complexity index is 341. The van der Waals surface area contributed by atoms with Crippen LogP contribution in [0.3, 0.4) is 0 Å². The fourth-order valence-electron chi connectivity index (χ4n) is 1.25. The van der Waals surface area contributed by atoms with Gasteiger partial charge in [-0.2, -0.15) is 0 Å². The number of methoxy groups -OCH3 is 1. The molecule has 0 aliphatic rings. The number of hydrogen-bond donors (Lipinski definition) is 1. The van der Waals surface area contributed by atoms with Gasteiger partial charge in [0.05, 0.1) is 7.11 Å². The number of benzene rings is 1. The number of halogens is 1. The molecule has 82 valence electrons. The predicted octanol–water partition coefficient (Wildman–Crippen LogP) is 2.65. The number of rotatable bonds is 4. The average molecular weight is 319 g/mol. The number of ether oxygens (including phenoxy) is 1. The van der Waals surface area contributed by atoms with Crippen LogP contribution in [0.25, 0.3) is 0 Å². The number of carbonyl (C=O) groups excluding carboxylic acids is 1. The van der Waals surface area contributed by atoms with Crippen LogP contribution in [-0.4, -0.2) is 19.1 Å². The van der Waals surface area contributed by atoms with Crippen LogP contribution in [-0.2, 0) is 9.53 Å². The molecule has 0 saturated carbocycles. The van der Waals surface area contributed by atoms with Crippen molar-refractivity contribution in [2.45, 2.75) is 19.4 Å². The second kappa shape index (κ2) is 5.95. The minimum Gasteiger partial charge on any atom is -0.467 e. The minimum absolute atomic E-state index is 0.226. The quantitative estimate of drug-likeness (QED) is 0.685. The fourth-order valence-corrected chi connectivity index (χ4v) is 1.79. The molecule has 15 heavy (non-hydrogen) atoms. The second-order valence-corrected chi connectivity index (χ2v) is 4.38. The molecule has 0 saturated heterocycles. The lowest BCUT2D eigenvalue weighted by atomic mass is 10.2. The van der Waals surface area contributed by atoms with Crippen LogP contribution in [0.1, 0.15) is 13.3 Å². The Kier molecular flexibility index (Phi) is 4.87. The Balaban J connectivity index is 2.70. The summed E-state index contributed by atoms with van der Waals surface area (Å²) in [6, 6.07) is 7.62. The normalized spacial score (nSPS) is 11.9. The second-order valence-electron chi connectivity index (χ2n) is 3.14. The van der Waals surface area contributed by atoms with E-state index in [1.807, 2.05) is 31.2 Å². The first kappa shape index (κ1) is 12.3. The molecule has 1 atom stereocenters. The van der Waals surface area contributed by atoms with Crippen molar-refractivity contribution in [2.75, 3.05) is 12.4 Å². The van der Waals surface area contributed by atoms with Gasteiger partial charge >= 0.3 is 5.97 Å². The number of esters is 1. The van der Waals surface area contributed by atoms with E-state index in [1.54, 1.807) is 0 Å². The summed E-state index contributed by atoms with van der Waals surface area (Å²) in [5.74, 6) is -0.226. The highest BCUT2D eigenvalue weighted by molar-refractivity contribution is 14.1. The molecule has 1 N–H and O–H groups in total. The van der Waals surface area contributed by atoms with Crippen LogP contribution in [0.15, 0.2) is 24.3 Å². The molecule has 4 heteroatoms. The molecule has 0 spiro atoms. The lowest BCUT2D eigenvalue weighted by Gasteiger charge is -2.15. The zero-order valence-electron chi connectivity index (χ0n) is 8.79. The van der Waals surface area contributed by atoms with Crippen LogP contribution in [0.4, 0.5) is 5.69 Å². The Morgan fingerprint density at radius 2 is 2.33 bits per heavy atom. The van der Waals surface area contributed by atoms with E-state index in [9.17, 15) is 4.79 Å². The molecule has 0 amide bonds. The SMILES string of the molecule is CCC(Nc1cccc(I)c1)C(=O)OC. The Labute approximate surface area is 103 Å². The van der Waals surface area contributed by atoms with E-state index in [4.69, 9.17) is 4.74 Å². The smallest absolute Gasteiger partial charge is 0.328 e. The van der Waals surface area contributed by atoms with E-state index in [2.05, 4.69) is 27.9 Å². The summed E-state index contributed by atoms with van der Waals surface area (Å²) < 4.78 is 5.84. The molecule has 1 rings (SSSR count). The van der Waals surface area contributed by atoms with Gasteiger partial charge in [-0.15, -0.1) is 0 Å². The minimum atomic E-state index is -0.270.